The molecule has 0 spiro atoms. The number of nitrogens with one attached hydrogen (secondary N) is 2. The number of fused-ring (bicyclic) bond motifs is 2. The van der Waals surface area contributed by atoms with Crippen molar-refractivity contribution < 1.29 is 14.2 Å². The highest BCUT2D eigenvalue weighted by Crippen LogP contribution is 2.26. The number of benzene rings is 2. The lowest BCUT2D eigenvalue weighted by Crippen LogP contribution is -2.35. The lowest BCUT2D eigenvalue weighted by atomic mass is 10.0. The highest BCUT2D eigenvalue weighted by atomic mass is 16.2. The van der Waals surface area contributed by atoms with E-state index in [1.165, 1.54) is 0 Å². The topological polar surface area (TPSA) is 64.5 Å². The van der Waals surface area contributed by atoms with Crippen LogP contribution in [0.1, 0.15) is 29.5 Å². The molecule has 0 radical (unpaired) electrons. The van der Waals surface area contributed by atoms with Crippen LogP contribution in [0.3, 0.4) is 0 Å². The molecule has 0 unspecified atom stereocenters. The Labute approximate surface area is 184 Å². The van der Waals surface area contributed by atoms with Gasteiger partial charge in [0, 0.05) is 37.1 Å². The van der Waals surface area contributed by atoms with Gasteiger partial charge in [-0.3, -0.25) is 9.59 Å². The van der Waals surface area contributed by atoms with Crippen LogP contribution >= 0.6 is 0 Å². The first-order valence-electron chi connectivity index (χ1n) is 10.5. The summed E-state index contributed by atoms with van der Waals surface area (Å²) in [7, 11) is 1.91. The third kappa shape index (κ3) is 6.53. The molecular weight excluding hydrogens is 388 g/mol. The summed E-state index contributed by atoms with van der Waals surface area (Å²) in [5, 5.41) is 6.10. The highest BCUT2D eigenvalue weighted by molar-refractivity contribution is 5.96. The van der Waals surface area contributed by atoms with Gasteiger partial charge >= 0.3 is 0 Å². The van der Waals surface area contributed by atoms with Gasteiger partial charge in [0.15, 0.2) is 6.54 Å². The molecule has 0 atom stereocenters. The van der Waals surface area contributed by atoms with Gasteiger partial charge < -0.3 is 15.5 Å². The molecule has 1 heterocycles. The van der Waals surface area contributed by atoms with Crippen molar-refractivity contribution in [2.24, 2.45) is 0 Å². The maximum absolute atomic E-state index is 13.1. The van der Waals surface area contributed by atoms with Gasteiger partial charge in [0.2, 0.25) is 11.8 Å². The summed E-state index contributed by atoms with van der Waals surface area (Å²) in [5.74, 6) is 6.19. The molecule has 0 saturated carbocycles. The van der Waals surface area contributed by atoms with Crippen molar-refractivity contribution in [3.8, 4) is 11.8 Å². The molecule has 2 aromatic rings. The molecule has 0 fully saturated rings. The Balaban J connectivity index is 1.58. The molecule has 0 aromatic heterocycles. The summed E-state index contributed by atoms with van der Waals surface area (Å²) in [6.07, 6.45) is 0.307. The molecule has 0 aliphatic carbocycles. The summed E-state index contributed by atoms with van der Waals surface area (Å²) >= 11 is 0. The minimum absolute atomic E-state index is 0.0855. The van der Waals surface area contributed by atoms with E-state index in [2.05, 4.69) is 29.2 Å². The number of hydrogen-bond donors (Lipinski definition) is 2. The molecule has 2 N–H and O–H groups in total. The number of carbonyl (C=O) groups is 2. The fraction of sp³-hybridized carbons (Fsp3) is 0.320. The van der Waals surface area contributed by atoms with E-state index < -0.39 is 0 Å². The maximum Gasteiger partial charge on any atom is 0.227 e. The quantitative estimate of drug-likeness (QED) is 0.283. The zero-order valence-corrected chi connectivity index (χ0v) is 18.0. The van der Waals surface area contributed by atoms with Crippen LogP contribution in [0.15, 0.2) is 48.5 Å². The fourth-order valence-electron chi connectivity index (χ4n) is 3.34. The third-order valence-electron chi connectivity index (χ3n) is 5.03. The van der Waals surface area contributed by atoms with Crippen LogP contribution in [0, 0.1) is 11.8 Å². The summed E-state index contributed by atoms with van der Waals surface area (Å²) in [4.78, 5) is 27.0. The van der Waals surface area contributed by atoms with E-state index in [-0.39, 0.29) is 24.7 Å². The number of rotatable bonds is 9. The van der Waals surface area contributed by atoms with E-state index in [0.717, 1.165) is 35.5 Å². The number of nitrogens with zero attached hydrogens (tertiary/aromatic N) is 2. The van der Waals surface area contributed by atoms with Crippen LogP contribution in [0.25, 0.3) is 0 Å². The zero-order valence-electron chi connectivity index (χ0n) is 18.0. The largest absolute Gasteiger partial charge is 0.355 e. The second-order valence-electron chi connectivity index (χ2n) is 7.58. The van der Waals surface area contributed by atoms with E-state index in [1.807, 2.05) is 60.2 Å². The van der Waals surface area contributed by atoms with Crippen molar-refractivity contribution in [1.82, 2.24) is 10.6 Å². The van der Waals surface area contributed by atoms with Crippen molar-refractivity contribution in [1.29, 1.82) is 0 Å². The summed E-state index contributed by atoms with van der Waals surface area (Å²) in [6, 6.07) is 15.5. The van der Waals surface area contributed by atoms with E-state index in [9.17, 15) is 9.59 Å². The van der Waals surface area contributed by atoms with Crippen molar-refractivity contribution in [2.45, 2.75) is 19.4 Å². The number of amides is 2. The molecule has 160 valence electrons. The van der Waals surface area contributed by atoms with Crippen LogP contribution < -0.4 is 15.5 Å². The Morgan fingerprint density at radius 2 is 1.71 bits per heavy atom. The van der Waals surface area contributed by atoms with Crippen molar-refractivity contribution in [3.05, 3.63) is 65.2 Å². The van der Waals surface area contributed by atoms with Crippen LogP contribution in [0.5, 0.6) is 0 Å². The molecule has 0 bridgehead atoms. The molecule has 0 saturated heterocycles. The van der Waals surface area contributed by atoms with Gasteiger partial charge in [-0.1, -0.05) is 42.2 Å². The molecule has 6 nitrogen and oxygen atoms in total. The zero-order chi connectivity index (χ0) is 22.1. The lowest BCUT2D eigenvalue weighted by molar-refractivity contribution is -0.486. The average molecular weight is 418 g/mol. The van der Waals surface area contributed by atoms with E-state index in [0.29, 0.717) is 19.6 Å². The fourth-order valence-corrected chi connectivity index (χ4v) is 3.34. The molecule has 6 heteroatoms. The molecule has 3 rings (SSSR count). The number of carbonyl (C=O) groups excluding carboxylic acids is 2. The molecule has 31 heavy (non-hydrogen) atoms. The first-order chi connectivity index (χ1) is 15.0. The van der Waals surface area contributed by atoms with Crippen LogP contribution in [-0.2, 0) is 16.1 Å². The van der Waals surface area contributed by atoms with Crippen LogP contribution in [0.2, 0.25) is 0 Å². The van der Waals surface area contributed by atoms with Crippen molar-refractivity contribution in [3.63, 3.8) is 0 Å². The van der Waals surface area contributed by atoms with Crippen LogP contribution in [-0.4, -0.2) is 56.3 Å². The van der Waals surface area contributed by atoms with Gasteiger partial charge in [0.05, 0.1) is 18.8 Å². The van der Waals surface area contributed by atoms with Gasteiger partial charge in [-0.15, -0.1) is 0 Å². The van der Waals surface area contributed by atoms with Gasteiger partial charge in [-0.05, 0) is 23.8 Å². The van der Waals surface area contributed by atoms with E-state index in [4.69, 9.17) is 0 Å². The Morgan fingerprint density at radius 1 is 1.00 bits per heavy atom. The molecule has 1 aliphatic heterocycles. The van der Waals surface area contributed by atoms with E-state index >= 15 is 0 Å². The smallest absolute Gasteiger partial charge is 0.227 e. The molecular formula is C25H29N4O2+. The SMILES string of the molecule is C=[N+](C)CCNCCNC(=O)CCC(=O)N1Cc2ccccc2C#Cc2ccccc21. The normalized spacial score (nSPS) is 11.8. The summed E-state index contributed by atoms with van der Waals surface area (Å²) in [5.41, 5.74) is 3.52. The third-order valence-corrected chi connectivity index (χ3v) is 5.03. The predicted molar refractivity (Wildman–Crippen MR) is 123 cm³/mol. The average Bonchev–Trinajstić information content (AvgIpc) is 2.76. The Morgan fingerprint density at radius 3 is 2.52 bits per heavy atom. The van der Waals surface area contributed by atoms with Crippen molar-refractivity contribution in [2.75, 3.05) is 38.1 Å². The number of anilines is 1. The summed E-state index contributed by atoms with van der Waals surface area (Å²) in [6.45, 7) is 7.09. The first kappa shape index (κ1) is 22.3. The maximum atomic E-state index is 13.1. The Hall–Kier alpha value is -3.43. The van der Waals surface area contributed by atoms with Crippen LogP contribution in [0.4, 0.5) is 5.69 Å². The van der Waals surface area contributed by atoms with Gasteiger partial charge in [-0.2, -0.15) is 0 Å². The van der Waals surface area contributed by atoms with Crippen molar-refractivity contribution >= 4 is 24.2 Å². The van der Waals surface area contributed by atoms with Gasteiger partial charge in [0.1, 0.15) is 13.8 Å². The number of hydrogen-bond acceptors (Lipinski definition) is 3. The van der Waals surface area contributed by atoms with Gasteiger partial charge in [-0.25, -0.2) is 4.58 Å². The lowest BCUT2D eigenvalue weighted by Gasteiger charge is -2.26. The molecule has 1 aliphatic rings. The minimum atomic E-state index is -0.120. The van der Waals surface area contributed by atoms with Gasteiger partial charge in [0.25, 0.3) is 0 Å². The van der Waals surface area contributed by atoms with E-state index in [1.54, 1.807) is 4.90 Å². The predicted octanol–water partition coefficient (Wildman–Crippen LogP) is 1.76. The minimum Gasteiger partial charge on any atom is -0.355 e. The monoisotopic (exact) mass is 417 g/mol. The highest BCUT2D eigenvalue weighted by Gasteiger charge is 2.21. The molecule has 2 amide bonds. The number of para-hydroxylation sites is 1. The Bertz CT molecular complexity index is 1020. The Kier molecular flexibility index (Phi) is 7.97. The second-order valence-corrected chi connectivity index (χ2v) is 7.58. The standard InChI is InChI=1S/C25H28N4O2/c1-28(2)18-17-26-15-16-27-24(30)13-14-25(31)29-19-22-9-4-3-7-20(22)11-12-21-8-5-6-10-23(21)29/h3-10,26H,1,13-19H2,2H3/p+1. The number of likely N-dealkylation sites (N-methyl/N-ethyl adjacent to an activating group) is 1. The summed E-state index contributed by atoms with van der Waals surface area (Å²) < 4.78 is 1.85. The molecule has 2 aromatic carbocycles. The first-order valence-corrected chi connectivity index (χ1v) is 10.5. The second kappa shape index (κ2) is 11.1.